The number of hydrogen-bond donors (Lipinski definition) is 0. The minimum Gasteiger partial charge on any atom is -0.198 e. The monoisotopic (exact) mass is 431 g/mol. The van der Waals surface area contributed by atoms with Crippen LogP contribution in [0.2, 0.25) is 0 Å². The number of allylic oxidation sites excluding steroid dienone is 4. The van der Waals surface area contributed by atoms with Gasteiger partial charge in [-0.05, 0) is 72.5 Å². The topological polar surface area (TPSA) is 23.8 Å². The smallest absolute Gasteiger partial charge is 0.0663 e. The van der Waals surface area contributed by atoms with Crippen LogP contribution in [0, 0.1) is 18.3 Å². The van der Waals surface area contributed by atoms with Crippen LogP contribution in [-0.4, -0.2) is 4.87 Å². The standard InChI is InChI=1S/C27H26ClNS/c1-5-10-22(18-27(3,4)28)20-11-8-12-21(17-20)24-14-9-13-23-19(2)25(30-26(23)24)15-6-7-16-29/h5-6,8-15,17H,1,7,18H2,2-4H3. The van der Waals surface area contributed by atoms with Gasteiger partial charge in [-0.1, -0.05) is 61.2 Å². The summed E-state index contributed by atoms with van der Waals surface area (Å²) >= 11 is 8.30. The lowest BCUT2D eigenvalue weighted by atomic mass is 9.92. The molecule has 3 aromatic rings. The summed E-state index contributed by atoms with van der Waals surface area (Å²) in [6.07, 6.45) is 9.07. The van der Waals surface area contributed by atoms with Gasteiger partial charge in [0.2, 0.25) is 0 Å². The van der Waals surface area contributed by atoms with E-state index in [1.165, 1.54) is 42.8 Å². The zero-order valence-electron chi connectivity index (χ0n) is 17.7. The third-order valence-corrected chi connectivity index (χ3v) is 6.39. The Kier molecular flexibility index (Phi) is 6.98. The molecule has 0 amide bonds. The fourth-order valence-electron chi connectivity index (χ4n) is 3.61. The predicted octanol–water partition coefficient (Wildman–Crippen LogP) is 8.78. The molecule has 0 saturated carbocycles. The second-order valence-corrected chi connectivity index (χ2v) is 10.0. The van der Waals surface area contributed by atoms with Crippen molar-refractivity contribution in [3.8, 4) is 17.2 Å². The molecule has 0 radical (unpaired) electrons. The van der Waals surface area contributed by atoms with E-state index in [0.29, 0.717) is 6.42 Å². The molecule has 1 nitrogen and oxygen atoms in total. The van der Waals surface area contributed by atoms with Gasteiger partial charge < -0.3 is 0 Å². The highest BCUT2D eigenvalue weighted by Gasteiger charge is 2.17. The summed E-state index contributed by atoms with van der Waals surface area (Å²) in [5, 5.41) is 10.1. The van der Waals surface area contributed by atoms with Crippen molar-refractivity contribution in [2.45, 2.75) is 38.5 Å². The molecule has 30 heavy (non-hydrogen) atoms. The van der Waals surface area contributed by atoms with Gasteiger partial charge in [0.15, 0.2) is 0 Å². The fourth-order valence-corrected chi connectivity index (χ4v) is 5.02. The van der Waals surface area contributed by atoms with E-state index in [-0.39, 0.29) is 4.87 Å². The summed E-state index contributed by atoms with van der Waals surface area (Å²) in [5.74, 6) is 0. The number of aryl methyl sites for hydroxylation is 1. The third-order valence-electron chi connectivity index (χ3n) is 4.95. The van der Waals surface area contributed by atoms with Crippen LogP contribution >= 0.6 is 22.9 Å². The molecule has 0 unspecified atom stereocenters. The maximum Gasteiger partial charge on any atom is 0.0663 e. The van der Waals surface area contributed by atoms with Crippen molar-refractivity contribution in [1.29, 1.82) is 5.26 Å². The van der Waals surface area contributed by atoms with Crippen molar-refractivity contribution in [3.63, 3.8) is 0 Å². The van der Waals surface area contributed by atoms with E-state index in [9.17, 15) is 0 Å². The van der Waals surface area contributed by atoms with E-state index >= 15 is 0 Å². The average Bonchev–Trinajstić information content (AvgIpc) is 3.03. The molecule has 3 rings (SSSR count). The number of benzene rings is 2. The lowest BCUT2D eigenvalue weighted by Crippen LogP contribution is -2.10. The summed E-state index contributed by atoms with van der Waals surface area (Å²) < 4.78 is 1.27. The summed E-state index contributed by atoms with van der Waals surface area (Å²) in [5.41, 5.74) is 6.03. The van der Waals surface area contributed by atoms with Crippen molar-refractivity contribution in [2.24, 2.45) is 0 Å². The van der Waals surface area contributed by atoms with E-state index in [2.05, 4.69) is 74.2 Å². The van der Waals surface area contributed by atoms with E-state index in [4.69, 9.17) is 16.9 Å². The zero-order chi connectivity index (χ0) is 21.7. The van der Waals surface area contributed by atoms with E-state index in [1.807, 2.05) is 26.0 Å². The van der Waals surface area contributed by atoms with Crippen molar-refractivity contribution >= 4 is 44.7 Å². The molecule has 3 heteroatoms. The lowest BCUT2D eigenvalue weighted by molar-refractivity contribution is 0.722. The van der Waals surface area contributed by atoms with Gasteiger partial charge in [-0.2, -0.15) is 5.26 Å². The number of nitriles is 1. The molecule has 0 N–H and O–H groups in total. The molecular formula is C27H26ClNS. The van der Waals surface area contributed by atoms with Gasteiger partial charge in [0, 0.05) is 14.5 Å². The van der Waals surface area contributed by atoms with Crippen LogP contribution in [0.5, 0.6) is 0 Å². The van der Waals surface area contributed by atoms with Crippen LogP contribution < -0.4 is 0 Å². The maximum absolute atomic E-state index is 8.81. The Labute approximate surface area is 188 Å². The minimum absolute atomic E-state index is 0.319. The average molecular weight is 432 g/mol. The van der Waals surface area contributed by atoms with E-state index in [1.54, 1.807) is 11.3 Å². The second kappa shape index (κ2) is 9.47. The number of alkyl halides is 1. The SMILES string of the molecule is C=CC=C(CC(C)(C)Cl)c1cccc(-c2cccc3c(C)c(C=CCC#N)sc23)c1. The molecule has 0 aliphatic rings. The Bertz CT molecular complexity index is 1170. The predicted molar refractivity (Wildman–Crippen MR) is 134 cm³/mol. The molecule has 2 aromatic carbocycles. The molecule has 0 atom stereocenters. The van der Waals surface area contributed by atoms with Crippen molar-refractivity contribution in [2.75, 3.05) is 0 Å². The first-order valence-electron chi connectivity index (χ1n) is 10.0. The zero-order valence-corrected chi connectivity index (χ0v) is 19.3. The van der Waals surface area contributed by atoms with Gasteiger partial charge in [-0.15, -0.1) is 22.9 Å². The Morgan fingerprint density at radius 2 is 2.00 bits per heavy atom. The summed E-state index contributed by atoms with van der Waals surface area (Å²) in [6, 6.07) is 17.3. The van der Waals surface area contributed by atoms with Gasteiger partial charge >= 0.3 is 0 Å². The molecular weight excluding hydrogens is 406 g/mol. The number of fused-ring (bicyclic) bond motifs is 1. The van der Waals surface area contributed by atoms with Crippen LogP contribution in [0.3, 0.4) is 0 Å². The molecule has 0 aliphatic carbocycles. The highest BCUT2D eigenvalue weighted by Crippen LogP contribution is 2.39. The van der Waals surface area contributed by atoms with Gasteiger partial charge in [-0.25, -0.2) is 0 Å². The highest BCUT2D eigenvalue weighted by atomic mass is 35.5. The quantitative estimate of drug-likeness (QED) is 0.271. The molecule has 0 saturated heterocycles. The Hall–Kier alpha value is -2.60. The van der Waals surface area contributed by atoms with Crippen LogP contribution in [0.4, 0.5) is 0 Å². The van der Waals surface area contributed by atoms with Gasteiger partial charge in [-0.3, -0.25) is 0 Å². The fraction of sp³-hybridized carbons (Fsp3) is 0.222. The van der Waals surface area contributed by atoms with Gasteiger partial charge in [0.05, 0.1) is 12.5 Å². The molecule has 152 valence electrons. The largest absolute Gasteiger partial charge is 0.198 e. The highest BCUT2D eigenvalue weighted by molar-refractivity contribution is 7.20. The van der Waals surface area contributed by atoms with Crippen LogP contribution in [0.25, 0.3) is 32.9 Å². The first-order chi connectivity index (χ1) is 14.3. The normalized spacial score (nSPS) is 12.4. The van der Waals surface area contributed by atoms with Crippen LogP contribution in [-0.2, 0) is 0 Å². The van der Waals surface area contributed by atoms with Crippen LogP contribution in [0.1, 0.15) is 42.7 Å². The number of thiophene rings is 1. The number of rotatable bonds is 7. The minimum atomic E-state index is -0.319. The van der Waals surface area contributed by atoms with E-state index < -0.39 is 0 Å². The van der Waals surface area contributed by atoms with Gasteiger partial charge in [0.1, 0.15) is 0 Å². The third kappa shape index (κ3) is 5.11. The number of hydrogen-bond acceptors (Lipinski definition) is 2. The summed E-state index contributed by atoms with van der Waals surface area (Å²) in [7, 11) is 0. The first kappa shape index (κ1) is 22.1. The first-order valence-corrected chi connectivity index (χ1v) is 11.2. The molecule has 0 spiro atoms. The van der Waals surface area contributed by atoms with Crippen molar-refractivity contribution < 1.29 is 0 Å². The Balaban J connectivity index is 2.09. The van der Waals surface area contributed by atoms with Crippen molar-refractivity contribution in [1.82, 2.24) is 0 Å². The number of nitrogens with zero attached hydrogens (tertiary/aromatic N) is 1. The van der Waals surface area contributed by atoms with Crippen LogP contribution in [0.15, 0.2) is 67.3 Å². The Morgan fingerprint density at radius 3 is 2.70 bits per heavy atom. The summed E-state index contributed by atoms with van der Waals surface area (Å²) in [6.45, 7) is 10.1. The Morgan fingerprint density at radius 1 is 1.23 bits per heavy atom. The number of halogens is 1. The molecule has 1 heterocycles. The summed E-state index contributed by atoms with van der Waals surface area (Å²) in [4.78, 5) is 0.889. The van der Waals surface area contributed by atoms with E-state index in [0.717, 1.165) is 6.42 Å². The second-order valence-electron chi connectivity index (χ2n) is 7.94. The molecule has 1 aromatic heterocycles. The molecule has 0 aliphatic heterocycles. The molecule has 0 fully saturated rings. The van der Waals surface area contributed by atoms with Crippen molar-refractivity contribution in [3.05, 3.63) is 83.3 Å². The van der Waals surface area contributed by atoms with Gasteiger partial charge in [0.25, 0.3) is 0 Å². The maximum atomic E-state index is 8.81. The molecule has 0 bridgehead atoms. The lowest BCUT2D eigenvalue weighted by Gasteiger charge is -2.19.